The van der Waals surface area contributed by atoms with Crippen molar-refractivity contribution in [3.05, 3.63) is 0 Å². The third kappa shape index (κ3) is 3.67. The number of hydrogen-bond acceptors (Lipinski definition) is 3. The standard InChI is InChI=1S/C12H24N2O2/c1-9(2)8-16-12(15)14-5-4-10(3)6-11(14)7-13/h9-11H,4-8,13H2,1-3H3. The van der Waals surface area contributed by atoms with Gasteiger partial charge in [0.1, 0.15) is 0 Å². The highest BCUT2D eigenvalue weighted by atomic mass is 16.6. The van der Waals surface area contributed by atoms with E-state index in [2.05, 4.69) is 6.92 Å². The topological polar surface area (TPSA) is 55.6 Å². The number of nitrogens with zero attached hydrogens (tertiary/aromatic N) is 1. The number of hydrogen-bond donors (Lipinski definition) is 1. The van der Waals surface area contributed by atoms with Gasteiger partial charge in [0.25, 0.3) is 0 Å². The van der Waals surface area contributed by atoms with Crippen molar-refractivity contribution in [2.75, 3.05) is 19.7 Å². The van der Waals surface area contributed by atoms with Crippen molar-refractivity contribution >= 4 is 6.09 Å². The van der Waals surface area contributed by atoms with E-state index in [0.717, 1.165) is 19.4 Å². The second-order valence-electron chi connectivity index (χ2n) is 5.18. The number of carbonyl (C=O) groups is 1. The van der Waals surface area contributed by atoms with E-state index in [0.29, 0.717) is 25.0 Å². The number of nitrogens with two attached hydrogens (primary N) is 1. The molecular weight excluding hydrogens is 204 g/mol. The Bertz CT molecular complexity index is 231. The van der Waals surface area contributed by atoms with Crippen LogP contribution in [0.1, 0.15) is 33.6 Å². The molecule has 4 heteroatoms. The first-order chi connectivity index (χ1) is 7.54. The number of piperidine rings is 1. The van der Waals surface area contributed by atoms with Crippen LogP contribution < -0.4 is 5.73 Å². The fourth-order valence-electron chi connectivity index (χ4n) is 2.04. The van der Waals surface area contributed by atoms with Gasteiger partial charge in [-0.25, -0.2) is 4.79 Å². The Kier molecular flexibility index (Phi) is 5.06. The van der Waals surface area contributed by atoms with Gasteiger partial charge in [-0.3, -0.25) is 0 Å². The summed E-state index contributed by atoms with van der Waals surface area (Å²) in [5.41, 5.74) is 5.70. The van der Waals surface area contributed by atoms with Crippen LogP contribution in [0.5, 0.6) is 0 Å². The molecule has 0 bridgehead atoms. The van der Waals surface area contributed by atoms with E-state index in [1.165, 1.54) is 0 Å². The molecule has 1 aliphatic heterocycles. The number of ether oxygens (including phenoxy) is 1. The molecule has 94 valence electrons. The van der Waals surface area contributed by atoms with Crippen molar-refractivity contribution in [3.8, 4) is 0 Å². The number of amides is 1. The first-order valence-electron chi connectivity index (χ1n) is 6.18. The second kappa shape index (κ2) is 6.09. The summed E-state index contributed by atoms with van der Waals surface area (Å²) in [6.07, 6.45) is 1.84. The molecule has 0 aliphatic carbocycles. The number of likely N-dealkylation sites (tertiary alicyclic amines) is 1. The van der Waals surface area contributed by atoms with E-state index >= 15 is 0 Å². The van der Waals surface area contributed by atoms with E-state index in [1.54, 1.807) is 4.90 Å². The largest absolute Gasteiger partial charge is 0.449 e. The first kappa shape index (κ1) is 13.3. The molecule has 1 heterocycles. The van der Waals surface area contributed by atoms with Crippen molar-refractivity contribution in [1.82, 2.24) is 4.90 Å². The summed E-state index contributed by atoms with van der Waals surface area (Å²) >= 11 is 0. The summed E-state index contributed by atoms with van der Waals surface area (Å²) in [6.45, 7) is 8.07. The molecule has 0 spiro atoms. The SMILES string of the molecule is CC(C)COC(=O)N1CCC(C)CC1CN. The third-order valence-electron chi connectivity index (χ3n) is 3.02. The lowest BCUT2D eigenvalue weighted by atomic mass is 9.93. The molecule has 4 nitrogen and oxygen atoms in total. The van der Waals surface area contributed by atoms with E-state index in [-0.39, 0.29) is 12.1 Å². The molecule has 16 heavy (non-hydrogen) atoms. The maximum absolute atomic E-state index is 11.8. The zero-order chi connectivity index (χ0) is 12.1. The van der Waals surface area contributed by atoms with Crippen LogP contribution in [0.3, 0.4) is 0 Å². The van der Waals surface area contributed by atoms with Gasteiger partial charge in [0.15, 0.2) is 0 Å². The van der Waals surface area contributed by atoms with Crippen LogP contribution in [0.25, 0.3) is 0 Å². The Hall–Kier alpha value is -0.770. The van der Waals surface area contributed by atoms with Gasteiger partial charge in [0.2, 0.25) is 0 Å². The average Bonchev–Trinajstić information content (AvgIpc) is 2.25. The lowest BCUT2D eigenvalue weighted by Gasteiger charge is -2.37. The van der Waals surface area contributed by atoms with Crippen molar-refractivity contribution in [3.63, 3.8) is 0 Å². The van der Waals surface area contributed by atoms with Gasteiger partial charge in [-0.05, 0) is 24.7 Å². The van der Waals surface area contributed by atoms with Crippen LogP contribution in [0.4, 0.5) is 4.79 Å². The zero-order valence-corrected chi connectivity index (χ0v) is 10.6. The molecule has 0 radical (unpaired) electrons. The molecule has 2 N–H and O–H groups in total. The predicted molar refractivity (Wildman–Crippen MR) is 64.1 cm³/mol. The molecule has 2 atom stereocenters. The van der Waals surface area contributed by atoms with E-state index in [9.17, 15) is 4.79 Å². The van der Waals surface area contributed by atoms with Gasteiger partial charge in [0.05, 0.1) is 6.61 Å². The minimum atomic E-state index is -0.198. The van der Waals surface area contributed by atoms with Crippen molar-refractivity contribution in [2.24, 2.45) is 17.6 Å². The van der Waals surface area contributed by atoms with Crippen LogP contribution in [-0.2, 0) is 4.74 Å². The molecule has 1 rings (SSSR count). The Balaban J connectivity index is 2.47. The monoisotopic (exact) mass is 228 g/mol. The van der Waals surface area contributed by atoms with Crippen molar-refractivity contribution in [2.45, 2.75) is 39.7 Å². The van der Waals surface area contributed by atoms with Gasteiger partial charge >= 0.3 is 6.09 Å². The molecule has 1 saturated heterocycles. The second-order valence-corrected chi connectivity index (χ2v) is 5.18. The van der Waals surface area contributed by atoms with Crippen molar-refractivity contribution in [1.29, 1.82) is 0 Å². The highest BCUT2D eigenvalue weighted by Gasteiger charge is 2.29. The maximum atomic E-state index is 11.8. The summed E-state index contributed by atoms with van der Waals surface area (Å²) < 4.78 is 5.24. The van der Waals surface area contributed by atoms with E-state index in [1.807, 2.05) is 13.8 Å². The quantitative estimate of drug-likeness (QED) is 0.802. The minimum absolute atomic E-state index is 0.156. The Morgan fingerprint density at radius 1 is 1.56 bits per heavy atom. The molecule has 0 saturated carbocycles. The van der Waals surface area contributed by atoms with Crippen LogP contribution in [-0.4, -0.2) is 36.7 Å². The predicted octanol–water partition coefficient (Wildman–Crippen LogP) is 1.84. The summed E-state index contributed by atoms with van der Waals surface area (Å²) in [6, 6.07) is 0.156. The lowest BCUT2D eigenvalue weighted by Crippen LogP contribution is -2.49. The summed E-state index contributed by atoms with van der Waals surface area (Å²) in [5, 5.41) is 0. The van der Waals surface area contributed by atoms with E-state index in [4.69, 9.17) is 10.5 Å². The van der Waals surface area contributed by atoms with Crippen molar-refractivity contribution < 1.29 is 9.53 Å². The van der Waals surface area contributed by atoms with Crippen LogP contribution in [0.15, 0.2) is 0 Å². The Morgan fingerprint density at radius 3 is 2.81 bits per heavy atom. The van der Waals surface area contributed by atoms with Gasteiger partial charge in [-0.2, -0.15) is 0 Å². The normalized spacial score (nSPS) is 25.9. The lowest BCUT2D eigenvalue weighted by molar-refractivity contribution is 0.0588. The minimum Gasteiger partial charge on any atom is -0.449 e. The molecule has 1 amide bonds. The fraction of sp³-hybridized carbons (Fsp3) is 0.917. The maximum Gasteiger partial charge on any atom is 0.410 e. The molecular formula is C12H24N2O2. The highest BCUT2D eigenvalue weighted by molar-refractivity contribution is 5.68. The molecule has 0 aromatic rings. The fourth-order valence-corrected chi connectivity index (χ4v) is 2.04. The molecule has 0 aromatic heterocycles. The molecule has 1 aliphatic rings. The van der Waals surface area contributed by atoms with Gasteiger partial charge in [0, 0.05) is 19.1 Å². The average molecular weight is 228 g/mol. The Morgan fingerprint density at radius 2 is 2.25 bits per heavy atom. The smallest absolute Gasteiger partial charge is 0.410 e. The van der Waals surface area contributed by atoms with Crippen LogP contribution in [0, 0.1) is 11.8 Å². The van der Waals surface area contributed by atoms with Crippen LogP contribution >= 0.6 is 0 Å². The summed E-state index contributed by atoms with van der Waals surface area (Å²) in [7, 11) is 0. The van der Waals surface area contributed by atoms with Gasteiger partial charge < -0.3 is 15.4 Å². The zero-order valence-electron chi connectivity index (χ0n) is 10.6. The molecule has 0 aromatic carbocycles. The van der Waals surface area contributed by atoms with Gasteiger partial charge in [-0.15, -0.1) is 0 Å². The third-order valence-corrected chi connectivity index (χ3v) is 3.02. The van der Waals surface area contributed by atoms with Gasteiger partial charge in [-0.1, -0.05) is 20.8 Å². The number of carbonyl (C=O) groups excluding carboxylic acids is 1. The summed E-state index contributed by atoms with van der Waals surface area (Å²) in [4.78, 5) is 13.6. The summed E-state index contributed by atoms with van der Waals surface area (Å²) in [5.74, 6) is 1.03. The van der Waals surface area contributed by atoms with E-state index < -0.39 is 0 Å². The molecule has 1 fully saturated rings. The highest BCUT2D eigenvalue weighted by Crippen LogP contribution is 2.22. The van der Waals surface area contributed by atoms with Crippen LogP contribution in [0.2, 0.25) is 0 Å². The Labute approximate surface area is 98.1 Å². The first-order valence-corrected chi connectivity index (χ1v) is 6.18. The number of rotatable bonds is 3. The molecule has 2 unspecified atom stereocenters.